The molecule has 1 aromatic rings. The molecule has 1 heterocycles. The van der Waals surface area contributed by atoms with Gasteiger partial charge in [0, 0.05) is 21.8 Å². The third-order valence-corrected chi connectivity index (χ3v) is 2.65. The van der Waals surface area contributed by atoms with Gasteiger partial charge in [-0.2, -0.15) is 0 Å². The van der Waals surface area contributed by atoms with Gasteiger partial charge in [-0.3, -0.25) is 4.79 Å². The lowest BCUT2D eigenvalue weighted by atomic mass is 10.1. The van der Waals surface area contributed by atoms with E-state index in [-0.39, 0.29) is 23.5 Å². The highest BCUT2D eigenvalue weighted by molar-refractivity contribution is 9.10. The lowest BCUT2D eigenvalue weighted by molar-refractivity contribution is 0.724. The van der Waals surface area contributed by atoms with E-state index in [1.165, 1.54) is 0 Å². The van der Waals surface area contributed by atoms with Crippen molar-refractivity contribution in [2.75, 3.05) is 0 Å². The third kappa shape index (κ3) is 1.95. The Morgan fingerprint density at radius 1 is 1.54 bits per heavy atom. The molecule has 0 aromatic carbocycles. The van der Waals surface area contributed by atoms with E-state index < -0.39 is 0 Å². The summed E-state index contributed by atoms with van der Waals surface area (Å²) in [5, 5.41) is 0. The third-order valence-electron chi connectivity index (χ3n) is 2.19. The molecule has 0 saturated heterocycles. The van der Waals surface area contributed by atoms with Gasteiger partial charge in [0.05, 0.1) is 0 Å². The first-order valence-corrected chi connectivity index (χ1v) is 4.59. The van der Waals surface area contributed by atoms with Gasteiger partial charge in [0.15, 0.2) is 0 Å². The highest BCUT2D eigenvalue weighted by atomic mass is 79.9. The first-order chi connectivity index (χ1) is 5.62. The van der Waals surface area contributed by atoms with Crippen molar-refractivity contribution in [1.82, 2.24) is 4.98 Å². The van der Waals surface area contributed by atoms with Gasteiger partial charge in [0.1, 0.15) is 0 Å². The van der Waals surface area contributed by atoms with Gasteiger partial charge in [-0.05, 0) is 34.8 Å². The Kier molecular flexibility index (Phi) is 2.85. The van der Waals surface area contributed by atoms with Crippen molar-refractivity contribution < 1.29 is 0 Å². The minimum atomic E-state index is -0.350. The van der Waals surface area contributed by atoms with Crippen LogP contribution in [0.5, 0.6) is 0 Å². The van der Waals surface area contributed by atoms with Gasteiger partial charge in [-0.25, -0.2) is 0 Å². The number of hydrogen-bond acceptors (Lipinski definition) is 2. The molecule has 2 rings (SSSR count). The predicted molar refractivity (Wildman–Crippen MR) is 57.1 cm³/mol. The van der Waals surface area contributed by atoms with Crippen LogP contribution in [0.15, 0.2) is 21.5 Å². The average molecular weight is 266 g/mol. The van der Waals surface area contributed by atoms with Gasteiger partial charge < -0.3 is 10.7 Å². The van der Waals surface area contributed by atoms with Crippen molar-refractivity contribution >= 4 is 28.3 Å². The predicted octanol–water partition coefficient (Wildman–Crippen LogP) is 1.51. The number of hydrogen-bond donors (Lipinski definition) is 2. The molecular formula is C8H10BrClN2O. The smallest absolute Gasteiger partial charge is 0.253 e. The van der Waals surface area contributed by atoms with Crippen LogP contribution in [-0.2, 0) is 5.54 Å². The minimum absolute atomic E-state index is 0. The lowest BCUT2D eigenvalue weighted by Crippen LogP contribution is -2.27. The van der Waals surface area contributed by atoms with Crippen LogP contribution in [0.1, 0.15) is 18.4 Å². The topological polar surface area (TPSA) is 58.9 Å². The summed E-state index contributed by atoms with van der Waals surface area (Å²) in [6.45, 7) is 0. The fourth-order valence-electron chi connectivity index (χ4n) is 1.23. The Bertz CT molecular complexity index is 373. The van der Waals surface area contributed by atoms with E-state index in [2.05, 4.69) is 20.9 Å². The fourth-order valence-corrected chi connectivity index (χ4v) is 1.57. The Morgan fingerprint density at radius 3 is 2.69 bits per heavy atom. The Balaban J connectivity index is 0.000000845. The molecule has 0 radical (unpaired) electrons. The molecule has 1 saturated carbocycles. The van der Waals surface area contributed by atoms with Gasteiger partial charge in [-0.1, -0.05) is 0 Å². The second kappa shape index (κ2) is 3.44. The van der Waals surface area contributed by atoms with Crippen LogP contribution in [0.3, 0.4) is 0 Å². The highest BCUT2D eigenvalue weighted by Gasteiger charge is 2.42. The molecule has 5 heteroatoms. The maximum absolute atomic E-state index is 11.3. The second-order valence-electron chi connectivity index (χ2n) is 3.22. The molecule has 1 aliphatic rings. The molecule has 3 N–H and O–H groups in total. The summed E-state index contributed by atoms with van der Waals surface area (Å²) >= 11 is 3.29. The zero-order valence-corrected chi connectivity index (χ0v) is 9.24. The van der Waals surface area contributed by atoms with E-state index in [1.54, 1.807) is 12.3 Å². The lowest BCUT2D eigenvalue weighted by Gasteiger charge is -2.06. The average Bonchev–Trinajstić information content (AvgIpc) is 2.75. The quantitative estimate of drug-likeness (QED) is 0.808. The molecule has 0 amide bonds. The Labute approximate surface area is 90.3 Å². The van der Waals surface area contributed by atoms with E-state index in [1.807, 2.05) is 0 Å². The maximum atomic E-state index is 11.3. The Morgan fingerprint density at radius 2 is 2.15 bits per heavy atom. The monoisotopic (exact) mass is 264 g/mol. The van der Waals surface area contributed by atoms with Crippen molar-refractivity contribution in [3.63, 3.8) is 0 Å². The molecule has 0 bridgehead atoms. The van der Waals surface area contributed by atoms with Crippen LogP contribution in [0, 0.1) is 0 Å². The summed E-state index contributed by atoms with van der Waals surface area (Å²) in [5.41, 5.74) is 6.17. The zero-order valence-electron chi connectivity index (χ0n) is 6.84. The van der Waals surface area contributed by atoms with Gasteiger partial charge >= 0.3 is 0 Å². The maximum Gasteiger partial charge on any atom is 0.253 e. The second-order valence-corrected chi connectivity index (χ2v) is 4.13. The molecule has 0 aliphatic heterocycles. The van der Waals surface area contributed by atoms with E-state index in [0.717, 1.165) is 17.3 Å². The summed E-state index contributed by atoms with van der Waals surface area (Å²) in [6, 6.07) is 1.80. The molecular weight excluding hydrogens is 255 g/mol. The normalized spacial score (nSPS) is 17.7. The van der Waals surface area contributed by atoms with Crippen molar-refractivity contribution in [3.8, 4) is 0 Å². The van der Waals surface area contributed by atoms with Crippen molar-refractivity contribution in [2.45, 2.75) is 18.4 Å². The van der Waals surface area contributed by atoms with Crippen LogP contribution in [0.4, 0.5) is 0 Å². The van der Waals surface area contributed by atoms with Crippen molar-refractivity contribution in [1.29, 1.82) is 0 Å². The van der Waals surface area contributed by atoms with Crippen LogP contribution < -0.4 is 11.3 Å². The summed E-state index contributed by atoms with van der Waals surface area (Å²) in [7, 11) is 0. The molecule has 0 atom stereocenters. The molecule has 0 spiro atoms. The van der Waals surface area contributed by atoms with Crippen LogP contribution in [-0.4, -0.2) is 4.98 Å². The zero-order chi connectivity index (χ0) is 8.77. The van der Waals surface area contributed by atoms with E-state index in [0.29, 0.717) is 5.56 Å². The largest absolute Gasteiger partial charge is 0.328 e. The first-order valence-electron chi connectivity index (χ1n) is 3.79. The van der Waals surface area contributed by atoms with E-state index >= 15 is 0 Å². The summed E-state index contributed by atoms with van der Waals surface area (Å²) < 4.78 is 0.869. The van der Waals surface area contributed by atoms with Gasteiger partial charge in [0.2, 0.25) is 0 Å². The SMILES string of the molecule is Cl.NC1(c2cc(Br)c[nH]c2=O)CC1. The molecule has 0 unspecified atom stereocenters. The molecule has 1 aliphatic carbocycles. The van der Waals surface area contributed by atoms with Crippen LogP contribution >= 0.6 is 28.3 Å². The number of halogens is 2. The van der Waals surface area contributed by atoms with Crippen molar-refractivity contribution in [2.24, 2.45) is 5.73 Å². The molecule has 13 heavy (non-hydrogen) atoms. The molecule has 3 nitrogen and oxygen atoms in total. The van der Waals surface area contributed by atoms with Gasteiger partial charge in [-0.15, -0.1) is 12.4 Å². The Hall–Kier alpha value is -0.320. The number of aromatic amines is 1. The number of H-pyrrole nitrogens is 1. The van der Waals surface area contributed by atoms with Crippen molar-refractivity contribution in [3.05, 3.63) is 32.7 Å². The van der Waals surface area contributed by atoms with E-state index in [9.17, 15) is 4.79 Å². The fraction of sp³-hybridized carbons (Fsp3) is 0.375. The summed E-state index contributed by atoms with van der Waals surface area (Å²) in [6.07, 6.45) is 3.44. The van der Waals surface area contributed by atoms with Crippen LogP contribution in [0.2, 0.25) is 0 Å². The number of aromatic nitrogens is 1. The molecule has 1 aromatic heterocycles. The van der Waals surface area contributed by atoms with E-state index in [4.69, 9.17) is 5.73 Å². The number of nitrogens with two attached hydrogens (primary N) is 1. The summed E-state index contributed by atoms with van der Waals surface area (Å²) in [4.78, 5) is 13.9. The summed E-state index contributed by atoms with van der Waals surface area (Å²) in [5.74, 6) is 0. The molecule has 1 fully saturated rings. The van der Waals surface area contributed by atoms with Crippen LogP contribution in [0.25, 0.3) is 0 Å². The van der Waals surface area contributed by atoms with Gasteiger partial charge in [0.25, 0.3) is 5.56 Å². The number of nitrogens with one attached hydrogen (secondary N) is 1. The molecule has 72 valence electrons. The first kappa shape index (κ1) is 10.8. The minimum Gasteiger partial charge on any atom is -0.328 e. The number of pyridine rings is 1. The number of rotatable bonds is 1. The highest BCUT2D eigenvalue weighted by Crippen LogP contribution is 2.41. The standard InChI is InChI=1S/C8H9BrN2O.ClH/c9-5-3-6(7(12)11-4-5)8(10)1-2-8;/h3-4H,1-2,10H2,(H,11,12);1H.